The van der Waals surface area contributed by atoms with Crippen molar-refractivity contribution in [1.82, 2.24) is 10.6 Å². The van der Waals surface area contributed by atoms with Gasteiger partial charge in [-0.1, -0.05) is 6.42 Å². The average Bonchev–Trinajstić information content (AvgIpc) is 3.01. The van der Waals surface area contributed by atoms with Crippen molar-refractivity contribution in [3.8, 4) is 0 Å². The van der Waals surface area contributed by atoms with Crippen LogP contribution in [-0.4, -0.2) is 46.1 Å². The lowest BCUT2D eigenvalue weighted by Crippen LogP contribution is -2.48. The highest BCUT2D eigenvalue weighted by Crippen LogP contribution is 2.64. The summed E-state index contributed by atoms with van der Waals surface area (Å²) in [6.07, 6.45) is 5.37. The first-order valence-electron chi connectivity index (χ1n) is 9.45. The van der Waals surface area contributed by atoms with Crippen LogP contribution in [0.1, 0.15) is 46.0 Å². The molecule has 2 N–H and O–H groups in total. The molecule has 8 heteroatoms. The summed E-state index contributed by atoms with van der Waals surface area (Å²) >= 11 is 4.21. The molecule has 6 nitrogen and oxygen atoms in total. The SMILES string of the molecule is CC(C)NC(=O)NC(=O)COC(=O)C1C[C@H]2CCC[C@@H](C1)C21SCCS1. The normalized spacial score (nSPS) is 29.4. The highest BCUT2D eigenvalue weighted by molar-refractivity contribution is 8.21. The van der Waals surface area contributed by atoms with E-state index in [-0.39, 0.29) is 17.9 Å². The van der Waals surface area contributed by atoms with Crippen molar-refractivity contribution in [2.75, 3.05) is 18.1 Å². The number of esters is 1. The molecule has 0 aromatic heterocycles. The Labute approximate surface area is 163 Å². The Kier molecular flexibility index (Phi) is 6.43. The molecule has 26 heavy (non-hydrogen) atoms. The number of carbonyl (C=O) groups excluding carboxylic acids is 3. The van der Waals surface area contributed by atoms with Crippen molar-refractivity contribution in [2.45, 2.75) is 56.1 Å². The molecule has 2 bridgehead atoms. The minimum atomic E-state index is -0.592. The Morgan fingerprint density at radius 3 is 2.31 bits per heavy atom. The van der Waals surface area contributed by atoms with E-state index in [1.165, 1.54) is 30.8 Å². The molecular formula is C18H28N2O4S2. The van der Waals surface area contributed by atoms with Crippen LogP contribution >= 0.6 is 23.5 Å². The summed E-state index contributed by atoms with van der Waals surface area (Å²) in [6, 6.07) is -0.629. The molecule has 1 heterocycles. The van der Waals surface area contributed by atoms with Crippen LogP contribution in [0.5, 0.6) is 0 Å². The van der Waals surface area contributed by atoms with Gasteiger partial charge >= 0.3 is 12.0 Å². The highest BCUT2D eigenvalue weighted by Gasteiger charge is 2.55. The molecule has 146 valence electrons. The summed E-state index contributed by atoms with van der Waals surface area (Å²) in [7, 11) is 0. The van der Waals surface area contributed by atoms with Crippen molar-refractivity contribution >= 4 is 41.4 Å². The lowest BCUT2D eigenvalue weighted by Gasteiger charge is -2.51. The number of ether oxygens (including phenoxy) is 1. The predicted octanol–water partition coefficient (Wildman–Crippen LogP) is 2.77. The van der Waals surface area contributed by atoms with Crippen molar-refractivity contribution in [2.24, 2.45) is 17.8 Å². The van der Waals surface area contributed by atoms with E-state index in [1.807, 2.05) is 0 Å². The third-order valence-corrected chi connectivity index (χ3v) is 9.49. The molecule has 3 aliphatic rings. The van der Waals surface area contributed by atoms with Gasteiger partial charge in [0.15, 0.2) is 6.61 Å². The van der Waals surface area contributed by atoms with Crippen LogP contribution in [0.4, 0.5) is 4.79 Å². The van der Waals surface area contributed by atoms with E-state index in [0.717, 1.165) is 12.8 Å². The number of imide groups is 1. The van der Waals surface area contributed by atoms with Crippen molar-refractivity contribution < 1.29 is 19.1 Å². The quantitative estimate of drug-likeness (QED) is 0.706. The van der Waals surface area contributed by atoms with E-state index in [1.54, 1.807) is 13.8 Å². The van der Waals surface area contributed by atoms with Crippen LogP contribution in [0.15, 0.2) is 0 Å². The van der Waals surface area contributed by atoms with Gasteiger partial charge in [0.2, 0.25) is 0 Å². The van der Waals surface area contributed by atoms with Crippen molar-refractivity contribution in [3.63, 3.8) is 0 Å². The van der Waals surface area contributed by atoms with Gasteiger partial charge in [-0.15, -0.1) is 23.5 Å². The maximum absolute atomic E-state index is 12.5. The van der Waals surface area contributed by atoms with Crippen LogP contribution in [0.25, 0.3) is 0 Å². The van der Waals surface area contributed by atoms with Crippen LogP contribution in [0.3, 0.4) is 0 Å². The molecule has 0 aromatic rings. The zero-order chi connectivity index (χ0) is 18.7. The average molecular weight is 401 g/mol. The van der Waals surface area contributed by atoms with Crippen LogP contribution in [-0.2, 0) is 14.3 Å². The molecule has 3 fully saturated rings. The number of hydrogen-bond donors (Lipinski definition) is 2. The number of amides is 3. The molecule has 0 aromatic carbocycles. The maximum Gasteiger partial charge on any atom is 0.321 e. The zero-order valence-corrected chi connectivity index (χ0v) is 17.0. The zero-order valence-electron chi connectivity index (χ0n) is 15.4. The van der Waals surface area contributed by atoms with Gasteiger partial charge in [0, 0.05) is 17.5 Å². The molecule has 1 spiro atoms. The Morgan fingerprint density at radius 1 is 1.12 bits per heavy atom. The third kappa shape index (κ3) is 4.32. The van der Waals surface area contributed by atoms with Gasteiger partial charge < -0.3 is 10.1 Å². The van der Waals surface area contributed by atoms with E-state index in [2.05, 4.69) is 34.2 Å². The number of hydrogen-bond acceptors (Lipinski definition) is 6. The fourth-order valence-electron chi connectivity index (χ4n) is 4.52. The first-order valence-corrected chi connectivity index (χ1v) is 11.4. The predicted molar refractivity (Wildman–Crippen MR) is 104 cm³/mol. The molecule has 1 unspecified atom stereocenters. The van der Waals surface area contributed by atoms with Gasteiger partial charge in [0.25, 0.3) is 5.91 Å². The van der Waals surface area contributed by atoms with Crippen molar-refractivity contribution in [3.05, 3.63) is 0 Å². The van der Waals surface area contributed by atoms with Gasteiger partial charge in [-0.2, -0.15) is 0 Å². The molecule has 1 saturated heterocycles. The fraction of sp³-hybridized carbons (Fsp3) is 0.833. The van der Waals surface area contributed by atoms with Crippen LogP contribution in [0, 0.1) is 17.8 Å². The molecule has 1 aliphatic heterocycles. The molecule has 2 saturated carbocycles. The van der Waals surface area contributed by atoms with Gasteiger partial charge in [0.1, 0.15) is 0 Å². The number of urea groups is 1. The van der Waals surface area contributed by atoms with E-state index < -0.39 is 18.5 Å². The maximum atomic E-state index is 12.5. The van der Waals surface area contributed by atoms with Gasteiger partial charge in [-0.3, -0.25) is 14.9 Å². The summed E-state index contributed by atoms with van der Waals surface area (Å²) in [5.41, 5.74) is 0. The summed E-state index contributed by atoms with van der Waals surface area (Å²) < 4.78 is 5.54. The number of thioether (sulfide) groups is 2. The Morgan fingerprint density at radius 2 is 1.73 bits per heavy atom. The topological polar surface area (TPSA) is 84.5 Å². The van der Waals surface area contributed by atoms with Crippen molar-refractivity contribution in [1.29, 1.82) is 0 Å². The molecule has 2 aliphatic carbocycles. The summed E-state index contributed by atoms with van der Waals surface area (Å²) in [6.45, 7) is 3.21. The second-order valence-corrected chi connectivity index (χ2v) is 10.7. The summed E-state index contributed by atoms with van der Waals surface area (Å²) in [5, 5.41) is 4.74. The van der Waals surface area contributed by atoms with Crippen LogP contribution in [0.2, 0.25) is 0 Å². The lowest BCUT2D eigenvalue weighted by atomic mass is 9.67. The molecule has 3 atom stereocenters. The van der Waals surface area contributed by atoms with E-state index >= 15 is 0 Å². The van der Waals surface area contributed by atoms with Gasteiger partial charge in [-0.05, 0) is 51.4 Å². The summed E-state index contributed by atoms with van der Waals surface area (Å²) in [4.78, 5) is 35.7. The van der Waals surface area contributed by atoms with Gasteiger partial charge in [0.05, 0.1) is 10.00 Å². The second-order valence-electron chi connectivity index (χ2n) is 7.70. The summed E-state index contributed by atoms with van der Waals surface area (Å²) in [5.74, 6) is 2.56. The number of carbonyl (C=O) groups is 3. The monoisotopic (exact) mass is 400 g/mol. The first kappa shape index (κ1) is 19.9. The molecule has 0 radical (unpaired) electrons. The number of nitrogens with one attached hydrogen (secondary N) is 2. The Bertz CT molecular complexity index is 547. The van der Waals surface area contributed by atoms with Crippen LogP contribution < -0.4 is 10.6 Å². The Balaban J connectivity index is 1.49. The molecule has 3 rings (SSSR count). The molecular weight excluding hydrogens is 372 g/mol. The minimum absolute atomic E-state index is 0.0642. The second kappa shape index (κ2) is 8.42. The minimum Gasteiger partial charge on any atom is -0.455 e. The smallest absolute Gasteiger partial charge is 0.321 e. The van der Waals surface area contributed by atoms with E-state index in [0.29, 0.717) is 15.9 Å². The van der Waals surface area contributed by atoms with Gasteiger partial charge in [-0.25, -0.2) is 4.79 Å². The molecule has 3 amide bonds. The largest absolute Gasteiger partial charge is 0.455 e. The highest BCUT2D eigenvalue weighted by atomic mass is 32.2. The third-order valence-electron chi connectivity index (χ3n) is 5.47. The van der Waals surface area contributed by atoms with E-state index in [4.69, 9.17) is 4.74 Å². The number of rotatable bonds is 4. The first-order chi connectivity index (χ1) is 12.4. The Hall–Kier alpha value is -0.890. The standard InChI is InChI=1S/C18H28N2O4S2/c1-11(2)19-17(23)20-15(21)10-24-16(22)12-8-13-4-3-5-14(9-12)18(13)25-6-7-26-18/h11-14H,3-10H2,1-2H3,(H2,19,20,21,23)/t12?,13-,14+. The lowest BCUT2D eigenvalue weighted by molar-refractivity contribution is -0.155. The van der Waals surface area contributed by atoms with E-state index in [9.17, 15) is 14.4 Å². The fourth-order valence-corrected chi connectivity index (χ4v) is 8.45.